The van der Waals surface area contributed by atoms with E-state index in [2.05, 4.69) is 0 Å². The minimum Gasteiger partial charge on any atom is -0.491 e. The number of hydrogen-bond acceptors (Lipinski definition) is 4. The van der Waals surface area contributed by atoms with Crippen LogP contribution in [0.5, 0.6) is 5.75 Å². The zero-order valence-electron chi connectivity index (χ0n) is 11.3. The molecule has 1 aromatic rings. The van der Waals surface area contributed by atoms with Gasteiger partial charge in [-0.05, 0) is 44.5 Å². The zero-order chi connectivity index (χ0) is 14.5. The van der Waals surface area contributed by atoms with Gasteiger partial charge in [-0.3, -0.25) is 4.79 Å². The van der Waals surface area contributed by atoms with Crippen molar-refractivity contribution >= 4 is 15.9 Å². The summed E-state index contributed by atoms with van der Waals surface area (Å²) in [6.45, 7) is 5.54. The number of carbonyl (C=O) groups is 1. The molecule has 6 heteroatoms. The first-order chi connectivity index (χ1) is 8.84. The van der Waals surface area contributed by atoms with Gasteiger partial charge in [-0.2, -0.15) is 0 Å². The molecule has 0 aliphatic rings. The third-order valence-corrected chi connectivity index (χ3v) is 3.65. The van der Waals surface area contributed by atoms with Gasteiger partial charge in [0.1, 0.15) is 5.75 Å². The molecule has 0 aromatic heterocycles. The van der Waals surface area contributed by atoms with Crippen LogP contribution >= 0.6 is 0 Å². The molecule has 0 saturated carbocycles. The topological polar surface area (TPSA) is 72.5 Å². The van der Waals surface area contributed by atoms with Gasteiger partial charge in [-0.1, -0.05) is 6.92 Å². The van der Waals surface area contributed by atoms with Gasteiger partial charge in [0.2, 0.25) is 10.0 Å². The summed E-state index contributed by atoms with van der Waals surface area (Å²) in [7, 11) is -3.54. The summed E-state index contributed by atoms with van der Waals surface area (Å²) in [5.74, 6) is -0.0414. The van der Waals surface area contributed by atoms with Crippen LogP contribution < -0.4 is 9.46 Å². The lowest BCUT2D eigenvalue weighted by molar-refractivity contribution is 0.0981. The lowest BCUT2D eigenvalue weighted by Gasteiger charge is -2.10. The van der Waals surface area contributed by atoms with Crippen LogP contribution in [-0.2, 0) is 10.0 Å². The van der Waals surface area contributed by atoms with Crippen LogP contribution in [0.15, 0.2) is 24.3 Å². The Labute approximate surface area is 114 Å². The average Bonchev–Trinajstić information content (AvgIpc) is 2.28. The summed E-state index contributed by atoms with van der Waals surface area (Å²) in [5, 5.41) is 0. The maximum Gasteiger partial charge on any atom is 0.264 e. The molecule has 0 atom stereocenters. The number of hydrogen-bond donors (Lipinski definition) is 1. The first-order valence-corrected chi connectivity index (χ1v) is 7.81. The third-order valence-electron chi connectivity index (χ3n) is 2.21. The molecule has 106 valence electrons. The normalized spacial score (nSPS) is 11.4. The van der Waals surface area contributed by atoms with E-state index in [1.54, 1.807) is 19.1 Å². The molecule has 0 unspecified atom stereocenters. The lowest BCUT2D eigenvalue weighted by Crippen LogP contribution is -2.32. The number of ether oxygens (including phenoxy) is 1. The second-order valence-electron chi connectivity index (χ2n) is 4.44. The maximum atomic E-state index is 11.7. The van der Waals surface area contributed by atoms with Gasteiger partial charge in [0, 0.05) is 5.56 Å². The minimum absolute atomic E-state index is 0.0459. The largest absolute Gasteiger partial charge is 0.491 e. The number of amides is 1. The molecule has 0 radical (unpaired) electrons. The number of sulfonamides is 1. The molecule has 1 amide bonds. The molecule has 5 nitrogen and oxygen atoms in total. The number of carbonyl (C=O) groups excluding carboxylic acids is 1. The maximum absolute atomic E-state index is 11.7. The summed E-state index contributed by atoms with van der Waals surface area (Å²) in [6, 6.07) is 6.35. The summed E-state index contributed by atoms with van der Waals surface area (Å²) in [4.78, 5) is 11.7. The summed E-state index contributed by atoms with van der Waals surface area (Å²) in [5.41, 5.74) is 0.288. The highest BCUT2D eigenvalue weighted by molar-refractivity contribution is 7.90. The van der Waals surface area contributed by atoms with Gasteiger partial charge >= 0.3 is 0 Å². The standard InChI is InChI=1S/C13H19NO4S/c1-4-9-19(16,17)14-13(15)11-5-7-12(8-6-11)18-10(2)3/h5-8,10H,4,9H2,1-3H3,(H,14,15). The number of benzene rings is 1. The van der Waals surface area contributed by atoms with Gasteiger partial charge in [0.15, 0.2) is 0 Å². The molecule has 0 heterocycles. The molecule has 0 spiro atoms. The molecule has 0 aliphatic heterocycles. The van der Waals surface area contributed by atoms with Crippen LogP contribution in [0.2, 0.25) is 0 Å². The van der Waals surface area contributed by atoms with Crippen molar-refractivity contribution in [1.29, 1.82) is 0 Å². The van der Waals surface area contributed by atoms with Gasteiger partial charge in [0.05, 0.1) is 11.9 Å². The highest BCUT2D eigenvalue weighted by Crippen LogP contribution is 2.13. The van der Waals surface area contributed by atoms with Crippen LogP contribution in [0.25, 0.3) is 0 Å². The van der Waals surface area contributed by atoms with Crippen LogP contribution in [0.3, 0.4) is 0 Å². The highest BCUT2D eigenvalue weighted by atomic mass is 32.2. The van der Waals surface area contributed by atoms with Gasteiger partial charge in [-0.15, -0.1) is 0 Å². The Morgan fingerprint density at radius 3 is 2.32 bits per heavy atom. The van der Waals surface area contributed by atoms with E-state index in [4.69, 9.17) is 4.74 Å². The molecule has 19 heavy (non-hydrogen) atoms. The third kappa shape index (κ3) is 5.30. The Morgan fingerprint density at radius 2 is 1.84 bits per heavy atom. The monoisotopic (exact) mass is 285 g/mol. The summed E-state index contributed by atoms with van der Waals surface area (Å²) >= 11 is 0. The molecular formula is C13H19NO4S. The summed E-state index contributed by atoms with van der Waals surface area (Å²) in [6.07, 6.45) is 0.508. The van der Waals surface area contributed by atoms with E-state index in [1.165, 1.54) is 12.1 Å². The van der Waals surface area contributed by atoms with Crippen molar-refractivity contribution in [3.8, 4) is 5.75 Å². The van der Waals surface area contributed by atoms with Crippen LogP contribution in [-0.4, -0.2) is 26.2 Å². The van der Waals surface area contributed by atoms with Gasteiger partial charge in [-0.25, -0.2) is 13.1 Å². The van der Waals surface area contributed by atoms with E-state index >= 15 is 0 Å². The van der Waals surface area contributed by atoms with E-state index in [0.29, 0.717) is 12.2 Å². The smallest absolute Gasteiger partial charge is 0.264 e. The van der Waals surface area contributed by atoms with E-state index in [9.17, 15) is 13.2 Å². The second-order valence-corrected chi connectivity index (χ2v) is 6.28. The fraction of sp³-hybridized carbons (Fsp3) is 0.462. The van der Waals surface area contributed by atoms with Gasteiger partial charge in [0.25, 0.3) is 5.91 Å². The van der Waals surface area contributed by atoms with Gasteiger partial charge < -0.3 is 4.74 Å². The second kappa shape index (κ2) is 6.56. The summed E-state index contributed by atoms with van der Waals surface area (Å²) < 4.78 is 30.4. The molecule has 0 fully saturated rings. The van der Waals surface area contributed by atoms with Crippen molar-refractivity contribution in [2.45, 2.75) is 33.3 Å². The molecule has 1 aromatic carbocycles. The predicted molar refractivity (Wildman–Crippen MR) is 73.8 cm³/mol. The quantitative estimate of drug-likeness (QED) is 0.867. The minimum atomic E-state index is -3.54. The Morgan fingerprint density at radius 1 is 1.26 bits per heavy atom. The van der Waals surface area contributed by atoms with Crippen molar-refractivity contribution in [1.82, 2.24) is 4.72 Å². The molecule has 0 saturated heterocycles. The number of rotatable bonds is 6. The van der Waals surface area contributed by atoms with E-state index in [-0.39, 0.29) is 17.4 Å². The van der Waals surface area contributed by atoms with Crippen molar-refractivity contribution in [3.05, 3.63) is 29.8 Å². The van der Waals surface area contributed by atoms with Crippen molar-refractivity contribution in [2.75, 3.05) is 5.75 Å². The first-order valence-electron chi connectivity index (χ1n) is 6.15. The molecule has 0 aliphatic carbocycles. The zero-order valence-corrected chi connectivity index (χ0v) is 12.2. The average molecular weight is 285 g/mol. The molecule has 1 rings (SSSR count). The van der Waals surface area contributed by atoms with E-state index in [1.807, 2.05) is 18.6 Å². The lowest BCUT2D eigenvalue weighted by atomic mass is 10.2. The Balaban J connectivity index is 2.73. The SMILES string of the molecule is CCCS(=O)(=O)NC(=O)c1ccc(OC(C)C)cc1. The fourth-order valence-electron chi connectivity index (χ4n) is 1.48. The number of nitrogens with one attached hydrogen (secondary N) is 1. The Hall–Kier alpha value is -1.56. The van der Waals surface area contributed by atoms with Crippen molar-refractivity contribution < 1.29 is 17.9 Å². The molecule has 1 N–H and O–H groups in total. The fourth-order valence-corrected chi connectivity index (χ4v) is 2.52. The van der Waals surface area contributed by atoms with Crippen molar-refractivity contribution in [3.63, 3.8) is 0 Å². The Kier molecular flexibility index (Phi) is 5.35. The predicted octanol–water partition coefficient (Wildman–Crippen LogP) is 1.94. The first kappa shape index (κ1) is 15.5. The molecule has 0 bridgehead atoms. The Bertz CT molecular complexity index is 520. The van der Waals surface area contributed by atoms with Crippen LogP contribution in [0.4, 0.5) is 0 Å². The van der Waals surface area contributed by atoms with Crippen LogP contribution in [0, 0.1) is 0 Å². The van der Waals surface area contributed by atoms with E-state index < -0.39 is 15.9 Å². The van der Waals surface area contributed by atoms with E-state index in [0.717, 1.165) is 0 Å². The van der Waals surface area contributed by atoms with Crippen LogP contribution in [0.1, 0.15) is 37.6 Å². The molecular weight excluding hydrogens is 266 g/mol. The highest BCUT2D eigenvalue weighted by Gasteiger charge is 2.14. The van der Waals surface area contributed by atoms with Crippen molar-refractivity contribution in [2.24, 2.45) is 0 Å².